The predicted molar refractivity (Wildman–Crippen MR) is 94.8 cm³/mol. The van der Waals surface area contributed by atoms with Crippen LogP contribution in [0.15, 0.2) is 24.3 Å². The maximum atomic E-state index is 12.8. The van der Waals surface area contributed by atoms with Gasteiger partial charge < -0.3 is 15.8 Å². The largest absolute Gasteiger partial charge is 0.491 e. The fourth-order valence-corrected chi connectivity index (χ4v) is 4.43. The van der Waals surface area contributed by atoms with Gasteiger partial charge in [0.25, 0.3) is 0 Å². The van der Waals surface area contributed by atoms with Crippen molar-refractivity contribution in [3.63, 3.8) is 0 Å². The Hall–Kier alpha value is -1.55. The molecule has 2 atom stereocenters. The van der Waals surface area contributed by atoms with Crippen LogP contribution in [0.4, 0.5) is 5.69 Å². The first kappa shape index (κ1) is 15.9. The Bertz CT molecular complexity index is 585. The van der Waals surface area contributed by atoms with E-state index in [1.165, 1.54) is 32.1 Å². The zero-order chi connectivity index (χ0) is 16.5. The van der Waals surface area contributed by atoms with E-state index in [0.29, 0.717) is 23.8 Å². The van der Waals surface area contributed by atoms with Gasteiger partial charge in [0.2, 0.25) is 5.91 Å². The van der Waals surface area contributed by atoms with Crippen LogP contribution >= 0.6 is 0 Å². The molecule has 4 nitrogen and oxygen atoms in total. The molecule has 3 fully saturated rings. The Morgan fingerprint density at radius 2 is 1.83 bits per heavy atom. The van der Waals surface area contributed by atoms with Crippen molar-refractivity contribution in [2.45, 2.75) is 51.0 Å². The molecule has 1 aromatic carbocycles. The molecule has 1 amide bonds. The van der Waals surface area contributed by atoms with Crippen molar-refractivity contribution < 1.29 is 9.53 Å². The summed E-state index contributed by atoms with van der Waals surface area (Å²) >= 11 is 0. The fraction of sp³-hybridized carbons (Fsp3) is 0.650. The van der Waals surface area contributed by atoms with Crippen molar-refractivity contribution >= 4 is 11.6 Å². The first-order valence-corrected chi connectivity index (χ1v) is 9.49. The van der Waals surface area contributed by atoms with Crippen LogP contribution in [0.3, 0.4) is 0 Å². The molecule has 1 aromatic rings. The van der Waals surface area contributed by atoms with Gasteiger partial charge in [0, 0.05) is 12.0 Å². The number of carbonyl (C=O) groups excluding carboxylic acids is 1. The lowest BCUT2D eigenvalue weighted by molar-refractivity contribution is -0.122. The predicted octanol–water partition coefficient (Wildman–Crippen LogP) is 3.57. The average Bonchev–Trinajstić information content (AvgIpc) is 3.38. The summed E-state index contributed by atoms with van der Waals surface area (Å²) in [6.45, 7) is 0.759. The van der Waals surface area contributed by atoms with Gasteiger partial charge in [-0.25, -0.2) is 0 Å². The standard InChI is InChI=1S/C20H28N2O2/c21-19-14-4-3-5-15(19)11-16(10-14)20(23)22-17-6-1-2-7-18(17)24-12-13-8-9-13/h1-2,6-7,13-16,19H,3-5,8-12,21H2,(H,22,23). The van der Waals surface area contributed by atoms with E-state index in [1.54, 1.807) is 0 Å². The van der Waals surface area contributed by atoms with Gasteiger partial charge in [0.1, 0.15) is 5.75 Å². The molecular weight excluding hydrogens is 300 g/mol. The highest BCUT2D eigenvalue weighted by Gasteiger charge is 2.40. The molecule has 4 rings (SSSR count). The lowest BCUT2D eigenvalue weighted by atomic mass is 9.65. The molecule has 0 spiro atoms. The van der Waals surface area contributed by atoms with Crippen LogP contribution in [0.2, 0.25) is 0 Å². The van der Waals surface area contributed by atoms with E-state index in [0.717, 1.165) is 30.9 Å². The summed E-state index contributed by atoms with van der Waals surface area (Å²) in [5.74, 6) is 2.78. The van der Waals surface area contributed by atoms with E-state index < -0.39 is 0 Å². The molecule has 4 heteroatoms. The highest BCUT2D eigenvalue weighted by molar-refractivity contribution is 5.94. The molecule has 130 valence electrons. The van der Waals surface area contributed by atoms with Gasteiger partial charge in [-0.1, -0.05) is 18.6 Å². The molecule has 2 bridgehead atoms. The number of ether oxygens (including phenoxy) is 1. The smallest absolute Gasteiger partial charge is 0.227 e. The summed E-state index contributed by atoms with van der Waals surface area (Å²) in [4.78, 5) is 12.8. The number of carbonyl (C=O) groups is 1. The Kier molecular flexibility index (Phi) is 4.49. The number of hydrogen-bond donors (Lipinski definition) is 2. The SMILES string of the molecule is NC1C2CCCC1CC(C(=O)Nc1ccccc1OCC1CC1)C2. The third kappa shape index (κ3) is 3.44. The molecule has 2 unspecified atom stereocenters. The van der Waals surface area contributed by atoms with Crippen LogP contribution in [0, 0.1) is 23.7 Å². The summed E-state index contributed by atoms with van der Waals surface area (Å²) < 4.78 is 5.91. The lowest BCUT2D eigenvalue weighted by Gasteiger charge is -2.43. The number of benzene rings is 1. The number of nitrogens with one attached hydrogen (secondary N) is 1. The van der Waals surface area contributed by atoms with E-state index >= 15 is 0 Å². The summed E-state index contributed by atoms with van der Waals surface area (Å²) in [7, 11) is 0. The lowest BCUT2D eigenvalue weighted by Crippen LogP contribution is -2.48. The number of amides is 1. The molecule has 0 aromatic heterocycles. The van der Waals surface area contributed by atoms with E-state index in [1.807, 2.05) is 24.3 Å². The minimum Gasteiger partial charge on any atom is -0.491 e. The summed E-state index contributed by atoms with van der Waals surface area (Å²) in [5.41, 5.74) is 7.15. The number of fused-ring (bicyclic) bond motifs is 2. The first-order valence-electron chi connectivity index (χ1n) is 9.49. The summed E-state index contributed by atoms with van der Waals surface area (Å²) in [6, 6.07) is 8.10. The van der Waals surface area contributed by atoms with Crippen LogP contribution in [0.25, 0.3) is 0 Å². The monoisotopic (exact) mass is 328 g/mol. The quantitative estimate of drug-likeness (QED) is 0.868. The topological polar surface area (TPSA) is 64.4 Å². The van der Waals surface area contributed by atoms with Crippen LogP contribution < -0.4 is 15.8 Å². The number of anilines is 1. The molecule has 0 heterocycles. The third-order valence-corrected chi connectivity index (χ3v) is 6.10. The number of rotatable bonds is 5. The zero-order valence-corrected chi connectivity index (χ0v) is 14.2. The molecule has 0 aliphatic heterocycles. The fourth-order valence-electron chi connectivity index (χ4n) is 4.43. The molecule has 24 heavy (non-hydrogen) atoms. The Morgan fingerprint density at radius 1 is 1.12 bits per heavy atom. The molecular formula is C20H28N2O2. The maximum Gasteiger partial charge on any atom is 0.227 e. The van der Waals surface area contributed by atoms with Crippen molar-refractivity contribution in [1.29, 1.82) is 0 Å². The van der Waals surface area contributed by atoms with Gasteiger partial charge in [-0.15, -0.1) is 0 Å². The average molecular weight is 328 g/mol. The second kappa shape index (κ2) is 6.75. The molecule has 0 saturated heterocycles. The molecule has 3 aliphatic carbocycles. The Balaban J connectivity index is 1.40. The second-order valence-corrected chi connectivity index (χ2v) is 7.94. The molecule has 0 radical (unpaired) electrons. The number of para-hydroxylation sites is 2. The van der Waals surface area contributed by atoms with Gasteiger partial charge >= 0.3 is 0 Å². The van der Waals surface area contributed by atoms with Crippen molar-refractivity contribution in [3.8, 4) is 5.75 Å². The van der Waals surface area contributed by atoms with Crippen LogP contribution in [0.5, 0.6) is 5.75 Å². The van der Waals surface area contributed by atoms with Gasteiger partial charge in [-0.05, 0) is 68.4 Å². The highest BCUT2D eigenvalue weighted by Crippen LogP contribution is 2.42. The molecule has 3 aliphatic rings. The van der Waals surface area contributed by atoms with E-state index in [-0.39, 0.29) is 11.8 Å². The van der Waals surface area contributed by atoms with E-state index in [9.17, 15) is 4.79 Å². The Labute approximate surface area is 144 Å². The van der Waals surface area contributed by atoms with Crippen LogP contribution in [-0.2, 0) is 4.79 Å². The summed E-state index contributed by atoms with van der Waals surface area (Å²) in [6.07, 6.45) is 8.04. The zero-order valence-electron chi connectivity index (χ0n) is 14.2. The van der Waals surface area contributed by atoms with Crippen molar-refractivity contribution in [3.05, 3.63) is 24.3 Å². The minimum atomic E-state index is 0.0941. The van der Waals surface area contributed by atoms with E-state index in [2.05, 4.69) is 5.32 Å². The molecule has 3 N–H and O–H groups in total. The van der Waals surface area contributed by atoms with Crippen LogP contribution in [0.1, 0.15) is 44.9 Å². The van der Waals surface area contributed by atoms with Crippen molar-refractivity contribution in [2.24, 2.45) is 29.4 Å². The highest BCUT2D eigenvalue weighted by atomic mass is 16.5. The van der Waals surface area contributed by atoms with Gasteiger partial charge in [0.05, 0.1) is 12.3 Å². The third-order valence-electron chi connectivity index (χ3n) is 6.10. The first-order chi connectivity index (χ1) is 11.7. The van der Waals surface area contributed by atoms with Crippen molar-refractivity contribution in [1.82, 2.24) is 0 Å². The maximum absolute atomic E-state index is 12.8. The number of nitrogens with two attached hydrogens (primary N) is 1. The van der Waals surface area contributed by atoms with Crippen LogP contribution in [-0.4, -0.2) is 18.6 Å². The van der Waals surface area contributed by atoms with Gasteiger partial charge in [-0.2, -0.15) is 0 Å². The van der Waals surface area contributed by atoms with E-state index in [4.69, 9.17) is 10.5 Å². The van der Waals surface area contributed by atoms with Crippen molar-refractivity contribution in [2.75, 3.05) is 11.9 Å². The second-order valence-electron chi connectivity index (χ2n) is 7.94. The Morgan fingerprint density at radius 3 is 2.54 bits per heavy atom. The van der Waals surface area contributed by atoms with Gasteiger partial charge in [-0.3, -0.25) is 4.79 Å². The molecule has 3 saturated carbocycles. The summed E-state index contributed by atoms with van der Waals surface area (Å²) in [5, 5.41) is 3.12. The van der Waals surface area contributed by atoms with Gasteiger partial charge in [0.15, 0.2) is 0 Å². The minimum absolute atomic E-state index is 0.0941. The normalized spacial score (nSPS) is 32.2. The number of hydrogen-bond acceptors (Lipinski definition) is 3.